The van der Waals surface area contributed by atoms with Crippen LogP contribution in [-0.2, 0) is 4.79 Å². The van der Waals surface area contributed by atoms with E-state index in [2.05, 4.69) is 0 Å². The summed E-state index contributed by atoms with van der Waals surface area (Å²) in [5, 5.41) is 10.2. The largest absolute Gasteiger partial charge is 1.00 e. The SMILES string of the molecule is O=C(O)CN1C(=O)c2cccc3cccc(c23)C1=O.[Na+]. The molecule has 0 aliphatic carbocycles. The van der Waals surface area contributed by atoms with Crippen LogP contribution >= 0.6 is 0 Å². The maximum absolute atomic E-state index is 12.2. The van der Waals surface area contributed by atoms with Crippen LogP contribution in [0.1, 0.15) is 20.7 Å². The van der Waals surface area contributed by atoms with Crippen molar-refractivity contribution in [3.8, 4) is 0 Å². The van der Waals surface area contributed by atoms with Gasteiger partial charge >= 0.3 is 35.5 Å². The summed E-state index contributed by atoms with van der Waals surface area (Å²) in [6.45, 7) is -0.623. The standard InChI is InChI=1S/C14H9NO4.Na/c16-11(17)7-15-13(18)9-5-1-3-8-4-2-6-10(12(8)9)14(15)19;/h1-6H,7H2,(H,16,17);/q;+1. The molecule has 94 valence electrons. The summed E-state index contributed by atoms with van der Waals surface area (Å²) < 4.78 is 0. The van der Waals surface area contributed by atoms with Crippen molar-refractivity contribution in [2.45, 2.75) is 0 Å². The molecule has 20 heavy (non-hydrogen) atoms. The van der Waals surface area contributed by atoms with Gasteiger partial charge in [-0.3, -0.25) is 19.3 Å². The first kappa shape index (κ1) is 14.7. The third-order valence-corrected chi connectivity index (χ3v) is 3.15. The third-order valence-electron chi connectivity index (χ3n) is 3.15. The zero-order valence-corrected chi connectivity index (χ0v) is 12.8. The van der Waals surface area contributed by atoms with Crippen LogP contribution in [-0.4, -0.2) is 34.3 Å². The van der Waals surface area contributed by atoms with Crippen LogP contribution in [0.4, 0.5) is 0 Å². The minimum atomic E-state index is -1.21. The molecule has 2 aromatic rings. The molecule has 1 N–H and O–H groups in total. The average Bonchev–Trinajstić information content (AvgIpc) is 2.40. The normalized spacial score (nSPS) is 13.3. The smallest absolute Gasteiger partial charge is 0.480 e. The van der Waals surface area contributed by atoms with Crippen molar-refractivity contribution in [1.82, 2.24) is 4.90 Å². The van der Waals surface area contributed by atoms with E-state index in [0.717, 1.165) is 10.3 Å². The Morgan fingerprint density at radius 3 is 1.95 bits per heavy atom. The van der Waals surface area contributed by atoms with Crippen molar-refractivity contribution in [3.05, 3.63) is 47.5 Å². The molecular weight excluding hydrogens is 269 g/mol. The molecule has 0 bridgehead atoms. The zero-order chi connectivity index (χ0) is 13.6. The molecule has 0 saturated carbocycles. The maximum atomic E-state index is 12.2. The van der Waals surface area contributed by atoms with Crippen molar-refractivity contribution < 1.29 is 49.0 Å². The molecule has 3 rings (SSSR count). The number of carboxylic acids is 1. The number of rotatable bonds is 2. The minimum Gasteiger partial charge on any atom is -0.480 e. The quantitative estimate of drug-likeness (QED) is 0.537. The molecule has 0 aromatic heterocycles. The van der Waals surface area contributed by atoms with Gasteiger partial charge < -0.3 is 5.11 Å². The number of imide groups is 1. The Hall–Kier alpha value is -1.69. The van der Waals surface area contributed by atoms with E-state index in [1.807, 2.05) is 12.1 Å². The van der Waals surface area contributed by atoms with Gasteiger partial charge in [0, 0.05) is 16.5 Å². The summed E-state index contributed by atoms with van der Waals surface area (Å²) >= 11 is 0. The number of amides is 2. The Morgan fingerprint density at radius 1 is 1.00 bits per heavy atom. The Balaban J connectivity index is 0.00000147. The van der Waals surface area contributed by atoms with E-state index in [1.54, 1.807) is 24.3 Å². The number of carbonyl (C=O) groups is 3. The number of carboxylic acid groups (broad SMARTS) is 1. The zero-order valence-electron chi connectivity index (χ0n) is 10.8. The molecular formula is C14H9NNaO4+. The van der Waals surface area contributed by atoms with Crippen molar-refractivity contribution in [1.29, 1.82) is 0 Å². The van der Waals surface area contributed by atoms with E-state index >= 15 is 0 Å². The molecule has 0 atom stereocenters. The van der Waals surface area contributed by atoms with Crippen LogP contribution < -0.4 is 29.6 Å². The second kappa shape index (κ2) is 5.36. The first-order chi connectivity index (χ1) is 9.09. The molecule has 5 nitrogen and oxygen atoms in total. The van der Waals surface area contributed by atoms with Gasteiger partial charge in [-0.2, -0.15) is 0 Å². The van der Waals surface area contributed by atoms with Crippen molar-refractivity contribution in [3.63, 3.8) is 0 Å². The van der Waals surface area contributed by atoms with Gasteiger partial charge in [-0.25, -0.2) is 0 Å². The van der Waals surface area contributed by atoms with Crippen LogP contribution in [0.15, 0.2) is 36.4 Å². The molecule has 0 spiro atoms. The predicted octanol–water partition coefficient (Wildman–Crippen LogP) is -1.48. The van der Waals surface area contributed by atoms with Gasteiger partial charge in [0.05, 0.1) is 0 Å². The molecule has 1 heterocycles. The summed E-state index contributed by atoms with van der Waals surface area (Å²) in [4.78, 5) is 35.9. The fraction of sp³-hybridized carbons (Fsp3) is 0.0714. The van der Waals surface area contributed by atoms with Gasteiger partial charge in [-0.15, -0.1) is 0 Å². The number of hydrogen-bond acceptors (Lipinski definition) is 3. The van der Waals surface area contributed by atoms with Gasteiger partial charge in [0.25, 0.3) is 11.8 Å². The van der Waals surface area contributed by atoms with Crippen LogP contribution in [0.25, 0.3) is 10.8 Å². The van der Waals surface area contributed by atoms with E-state index in [0.29, 0.717) is 16.5 Å². The van der Waals surface area contributed by atoms with Gasteiger partial charge in [-0.1, -0.05) is 24.3 Å². The Kier molecular flexibility index (Phi) is 3.94. The van der Waals surface area contributed by atoms with E-state index < -0.39 is 24.3 Å². The number of carbonyl (C=O) groups excluding carboxylic acids is 2. The van der Waals surface area contributed by atoms with Crippen LogP contribution in [0.3, 0.4) is 0 Å². The first-order valence-electron chi connectivity index (χ1n) is 5.69. The van der Waals surface area contributed by atoms with E-state index in [-0.39, 0.29) is 29.6 Å². The van der Waals surface area contributed by atoms with E-state index in [9.17, 15) is 14.4 Å². The molecule has 0 saturated heterocycles. The van der Waals surface area contributed by atoms with Crippen molar-refractivity contribution >= 4 is 28.6 Å². The molecule has 0 fully saturated rings. The predicted molar refractivity (Wildman–Crippen MR) is 67.0 cm³/mol. The Labute approximate surface area is 136 Å². The second-order valence-corrected chi connectivity index (χ2v) is 4.30. The Morgan fingerprint density at radius 2 is 1.50 bits per heavy atom. The van der Waals surface area contributed by atoms with Gasteiger partial charge in [0.15, 0.2) is 0 Å². The van der Waals surface area contributed by atoms with Gasteiger partial charge in [0.1, 0.15) is 6.54 Å². The third kappa shape index (κ3) is 2.14. The number of benzene rings is 2. The Bertz CT molecular complexity index is 690. The summed E-state index contributed by atoms with van der Waals surface area (Å²) in [6.07, 6.45) is 0. The maximum Gasteiger partial charge on any atom is 1.00 e. The molecule has 6 heteroatoms. The molecule has 1 aliphatic rings. The summed E-state index contributed by atoms with van der Waals surface area (Å²) in [5.41, 5.74) is 0.739. The summed E-state index contributed by atoms with van der Waals surface area (Å²) in [7, 11) is 0. The number of hydrogen-bond donors (Lipinski definition) is 1. The second-order valence-electron chi connectivity index (χ2n) is 4.30. The first-order valence-corrected chi connectivity index (χ1v) is 5.69. The molecule has 0 radical (unpaired) electrons. The number of nitrogens with zero attached hydrogens (tertiary/aromatic N) is 1. The van der Waals surface area contributed by atoms with Crippen LogP contribution in [0.5, 0.6) is 0 Å². The molecule has 2 aromatic carbocycles. The topological polar surface area (TPSA) is 74.7 Å². The van der Waals surface area contributed by atoms with E-state index in [4.69, 9.17) is 5.11 Å². The van der Waals surface area contributed by atoms with Crippen molar-refractivity contribution in [2.24, 2.45) is 0 Å². The van der Waals surface area contributed by atoms with Crippen LogP contribution in [0.2, 0.25) is 0 Å². The molecule has 2 amide bonds. The van der Waals surface area contributed by atoms with E-state index in [1.165, 1.54) is 0 Å². The summed E-state index contributed by atoms with van der Waals surface area (Å²) in [6, 6.07) is 10.3. The number of aliphatic carboxylic acids is 1. The fourth-order valence-corrected chi connectivity index (χ4v) is 2.36. The fourth-order valence-electron chi connectivity index (χ4n) is 2.36. The van der Waals surface area contributed by atoms with Gasteiger partial charge in [0.2, 0.25) is 0 Å². The van der Waals surface area contributed by atoms with Crippen LogP contribution in [0, 0.1) is 0 Å². The molecule has 0 unspecified atom stereocenters. The van der Waals surface area contributed by atoms with Gasteiger partial charge in [-0.05, 0) is 17.5 Å². The summed E-state index contributed by atoms with van der Waals surface area (Å²) in [5.74, 6) is -2.33. The average molecular weight is 278 g/mol. The van der Waals surface area contributed by atoms with Crippen molar-refractivity contribution in [2.75, 3.05) is 6.54 Å². The molecule has 1 aliphatic heterocycles. The minimum absolute atomic E-state index is 0. The monoisotopic (exact) mass is 278 g/mol.